The molecule has 0 aromatic carbocycles. The Bertz CT molecular complexity index is 93.7. The highest BCUT2D eigenvalue weighted by atomic mass is 15.1. The van der Waals surface area contributed by atoms with Crippen molar-refractivity contribution in [3.8, 4) is 0 Å². The van der Waals surface area contributed by atoms with Crippen LogP contribution in [0.2, 0.25) is 0 Å². The molecule has 1 fully saturated rings. The molecule has 1 heterocycles. The Balaban J connectivity index is 2.30. The molecule has 0 spiro atoms. The molecule has 0 aliphatic carbocycles. The van der Waals surface area contributed by atoms with Gasteiger partial charge in [-0.05, 0) is 5.92 Å². The average Bonchev–Trinajstić information content (AvgIpc) is 2.09. The molecular weight excluding hydrogens is 136 g/mol. The number of hydrogen-bond acceptors (Lipinski definition) is 2. The summed E-state index contributed by atoms with van der Waals surface area (Å²) in [6, 6.07) is 0.721. The lowest BCUT2D eigenvalue weighted by Gasteiger charge is -2.30. The number of piperazine rings is 1. The molecule has 0 radical (unpaired) electrons. The number of rotatable bonds is 3. The molecule has 1 atom stereocenters. The van der Waals surface area contributed by atoms with Crippen LogP contribution < -0.4 is 10.6 Å². The largest absolute Gasteiger partial charge is 0.314 e. The highest BCUT2D eigenvalue weighted by molar-refractivity contribution is 4.80. The molecule has 0 aromatic rings. The van der Waals surface area contributed by atoms with Crippen molar-refractivity contribution in [1.29, 1.82) is 0 Å². The highest BCUT2D eigenvalue weighted by Crippen LogP contribution is 2.13. The van der Waals surface area contributed by atoms with E-state index in [1.165, 1.54) is 12.8 Å². The van der Waals surface area contributed by atoms with Gasteiger partial charge >= 0.3 is 0 Å². The Hall–Kier alpha value is -0.0800. The van der Waals surface area contributed by atoms with Gasteiger partial charge in [0.15, 0.2) is 0 Å². The lowest BCUT2D eigenvalue weighted by atomic mass is 9.93. The molecule has 0 saturated carbocycles. The van der Waals surface area contributed by atoms with Gasteiger partial charge in [-0.1, -0.05) is 26.7 Å². The first-order valence-corrected chi connectivity index (χ1v) is 4.82. The molecule has 66 valence electrons. The Morgan fingerprint density at radius 2 is 2.00 bits per heavy atom. The Labute approximate surface area is 69.8 Å². The Kier molecular flexibility index (Phi) is 3.87. The molecule has 2 N–H and O–H groups in total. The monoisotopic (exact) mass is 156 g/mol. The third-order valence-corrected chi connectivity index (χ3v) is 2.69. The second-order valence-corrected chi connectivity index (χ2v) is 3.34. The molecule has 0 bridgehead atoms. The molecule has 1 saturated heterocycles. The van der Waals surface area contributed by atoms with E-state index in [0.29, 0.717) is 0 Å². The molecule has 1 aliphatic heterocycles. The van der Waals surface area contributed by atoms with Crippen LogP contribution in [-0.4, -0.2) is 25.7 Å². The van der Waals surface area contributed by atoms with E-state index in [0.717, 1.165) is 31.6 Å². The van der Waals surface area contributed by atoms with Crippen molar-refractivity contribution in [3.63, 3.8) is 0 Å². The minimum absolute atomic E-state index is 0.721. The zero-order chi connectivity index (χ0) is 8.10. The van der Waals surface area contributed by atoms with E-state index in [-0.39, 0.29) is 0 Å². The molecule has 0 aromatic heterocycles. The van der Waals surface area contributed by atoms with E-state index in [4.69, 9.17) is 0 Å². The first-order chi connectivity index (χ1) is 5.38. The maximum atomic E-state index is 3.56. The van der Waals surface area contributed by atoms with Gasteiger partial charge in [0.2, 0.25) is 0 Å². The topological polar surface area (TPSA) is 24.1 Å². The maximum Gasteiger partial charge on any atom is 0.0221 e. The minimum Gasteiger partial charge on any atom is -0.314 e. The standard InChI is InChI=1S/C9H20N2/c1-3-8(4-2)9-7-10-5-6-11-9/h8-11H,3-7H2,1-2H3. The molecule has 0 amide bonds. The van der Waals surface area contributed by atoms with Gasteiger partial charge < -0.3 is 10.6 Å². The summed E-state index contributed by atoms with van der Waals surface area (Å²) in [4.78, 5) is 0. The predicted octanol–water partition coefficient (Wildman–Crippen LogP) is 0.984. The third-order valence-electron chi connectivity index (χ3n) is 2.69. The molecular formula is C9H20N2. The Morgan fingerprint density at radius 3 is 2.45 bits per heavy atom. The van der Waals surface area contributed by atoms with Gasteiger partial charge in [-0.3, -0.25) is 0 Å². The minimum atomic E-state index is 0.721. The average molecular weight is 156 g/mol. The van der Waals surface area contributed by atoms with E-state index < -0.39 is 0 Å². The summed E-state index contributed by atoms with van der Waals surface area (Å²) in [6.07, 6.45) is 2.60. The van der Waals surface area contributed by atoms with Gasteiger partial charge in [-0.15, -0.1) is 0 Å². The van der Waals surface area contributed by atoms with Crippen LogP contribution in [0.3, 0.4) is 0 Å². The van der Waals surface area contributed by atoms with Crippen molar-refractivity contribution in [3.05, 3.63) is 0 Å². The number of hydrogen-bond donors (Lipinski definition) is 2. The van der Waals surface area contributed by atoms with Crippen molar-refractivity contribution in [2.45, 2.75) is 32.7 Å². The van der Waals surface area contributed by atoms with Gasteiger partial charge in [0.25, 0.3) is 0 Å². The highest BCUT2D eigenvalue weighted by Gasteiger charge is 2.19. The first-order valence-electron chi connectivity index (χ1n) is 4.82. The van der Waals surface area contributed by atoms with Gasteiger partial charge in [0.1, 0.15) is 0 Å². The van der Waals surface area contributed by atoms with Crippen LogP contribution in [0.4, 0.5) is 0 Å². The van der Waals surface area contributed by atoms with Crippen LogP contribution in [0.5, 0.6) is 0 Å². The molecule has 1 unspecified atom stereocenters. The lowest BCUT2D eigenvalue weighted by molar-refractivity contribution is 0.295. The van der Waals surface area contributed by atoms with Crippen LogP contribution in [0.15, 0.2) is 0 Å². The molecule has 1 aliphatic rings. The smallest absolute Gasteiger partial charge is 0.0221 e. The predicted molar refractivity (Wildman–Crippen MR) is 48.7 cm³/mol. The quantitative estimate of drug-likeness (QED) is 0.636. The van der Waals surface area contributed by atoms with Crippen molar-refractivity contribution in [2.75, 3.05) is 19.6 Å². The van der Waals surface area contributed by atoms with E-state index in [1.807, 2.05) is 0 Å². The SMILES string of the molecule is CCC(CC)C1CNCCN1. The van der Waals surface area contributed by atoms with Crippen LogP contribution in [0, 0.1) is 5.92 Å². The van der Waals surface area contributed by atoms with Crippen LogP contribution in [0.25, 0.3) is 0 Å². The second kappa shape index (κ2) is 4.73. The van der Waals surface area contributed by atoms with E-state index >= 15 is 0 Å². The summed E-state index contributed by atoms with van der Waals surface area (Å²) in [7, 11) is 0. The second-order valence-electron chi connectivity index (χ2n) is 3.34. The van der Waals surface area contributed by atoms with E-state index in [1.54, 1.807) is 0 Å². The molecule has 2 heteroatoms. The van der Waals surface area contributed by atoms with Gasteiger partial charge in [0.05, 0.1) is 0 Å². The summed E-state index contributed by atoms with van der Waals surface area (Å²) in [5.41, 5.74) is 0. The van der Waals surface area contributed by atoms with Crippen LogP contribution in [0.1, 0.15) is 26.7 Å². The summed E-state index contributed by atoms with van der Waals surface area (Å²) in [5.74, 6) is 0.864. The molecule has 1 rings (SSSR count). The van der Waals surface area contributed by atoms with Crippen LogP contribution >= 0.6 is 0 Å². The molecule has 2 nitrogen and oxygen atoms in total. The van der Waals surface area contributed by atoms with E-state index in [2.05, 4.69) is 24.5 Å². The fourth-order valence-electron chi connectivity index (χ4n) is 1.87. The summed E-state index contributed by atoms with van der Waals surface area (Å²) < 4.78 is 0. The molecule has 11 heavy (non-hydrogen) atoms. The Morgan fingerprint density at radius 1 is 1.27 bits per heavy atom. The van der Waals surface area contributed by atoms with Crippen molar-refractivity contribution >= 4 is 0 Å². The number of nitrogens with one attached hydrogen (secondary N) is 2. The fourth-order valence-corrected chi connectivity index (χ4v) is 1.87. The maximum absolute atomic E-state index is 3.56. The van der Waals surface area contributed by atoms with E-state index in [9.17, 15) is 0 Å². The zero-order valence-corrected chi connectivity index (χ0v) is 7.69. The van der Waals surface area contributed by atoms with Crippen LogP contribution in [-0.2, 0) is 0 Å². The van der Waals surface area contributed by atoms with Crippen molar-refractivity contribution in [1.82, 2.24) is 10.6 Å². The normalized spacial score (nSPS) is 25.9. The van der Waals surface area contributed by atoms with Gasteiger partial charge in [0, 0.05) is 25.7 Å². The summed E-state index contributed by atoms with van der Waals surface area (Å²) in [6.45, 7) is 8.00. The zero-order valence-electron chi connectivity index (χ0n) is 7.69. The third kappa shape index (κ3) is 2.46. The first kappa shape index (κ1) is 9.01. The van der Waals surface area contributed by atoms with Gasteiger partial charge in [-0.25, -0.2) is 0 Å². The van der Waals surface area contributed by atoms with Crippen molar-refractivity contribution in [2.24, 2.45) is 5.92 Å². The van der Waals surface area contributed by atoms with Crippen molar-refractivity contribution < 1.29 is 0 Å². The summed E-state index contributed by atoms with van der Waals surface area (Å²) in [5, 5.41) is 6.98. The lowest BCUT2D eigenvalue weighted by Crippen LogP contribution is -2.51. The summed E-state index contributed by atoms with van der Waals surface area (Å²) >= 11 is 0. The fraction of sp³-hybridized carbons (Fsp3) is 1.00. The van der Waals surface area contributed by atoms with Gasteiger partial charge in [-0.2, -0.15) is 0 Å².